The first-order chi connectivity index (χ1) is 13.8. The molecule has 0 aliphatic rings. The standard InChI is InChI=1S/C26H46O3Si/c1-19(2)25(29-30(9,10)26(6,7)8)22(5)24(27)16-20(3)21(4)17-28-18-23-14-12-11-13-15-23/h11-15,19,21-22,24-25,27H,3,16-18H2,1-2,4-10H3/t21-,22+,24+,25-/m0/s1. The van der Waals surface area contributed by atoms with E-state index in [1.165, 1.54) is 5.56 Å². The Bertz CT molecular complexity index is 633. The van der Waals surface area contributed by atoms with Crippen molar-refractivity contribution in [1.29, 1.82) is 0 Å². The fourth-order valence-corrected chi connectivity index (χ4v) is 4.81. The molecule has 0 saturated heterocycles. The van der Waals surface area contributed by atoms with Gasteiger partial charge in [-0.25, -0.2) is 0 Å². The summed E-state index contributed by atoms with van der Waals surface area (Å²) in [7, 11) is -1.90. The van der Waals surface area contributed by atoms with Gasteiger partial charge in [0.05, 0.1) is 25.4 Å². The second kappa shape index (κ2) is 11.6. The maximum Gasteiger partial charge on any atom is 0.192 e. The van der Waals surface area contributed by atoms with Gasteiger partial charge >= 0.3 is 0 Å². The number of rotatable bonds is 12. The second-order valence-electron chi connectivity index (χ2n) is 10.8. The summed E-state index contributed by atoms with van der Waals surface area (Å²) in [6.45, 7) is 25.4. The molecule has 3 nitrogen and oxygen atoms in total. The van der Waals surface area contributed by atoms with E-state index in [9.17, 15) is 5.11 Å². The molecule has 0 radical (unpaired) electrons. The van der Waals surface area contributed by atoms with E-state index < -0.39 is 14.4 Å². The lowest BCUT2D eigenvalue weighted by atomic mass is 9.86. The van der Waals surface area contributed by atoms with Crippen LogP contribution >= 0.6 is 0 Å². The lowest BCUT2D eigenvalue weighted by Crippen LogP contribution is -2.48. The van der Waals surface area contributed by atoms with Gasteiger partial charge in [0, 0.05) is 11.8 Å². The number of benzene rings is 1. The molecule has 0 aromatic heterocycles. The van der Waals surface area contributed by atoms with Crippen LogP contribution in [0.5, 0.6) is 0 Å². The Morgan fingerprint density at radius 2 is 1.63 bits per heavy atom. The SMILES string of the molecule is C=C(C[C@@H](O)[C@@H](C)[C@@H](O[Si](C)(C)C(C)(C)C)C(C)C)[C@@H](C)COCc1ccccc1. The smallest absolute Gasteiger partial charge is 0.192 e. The third-order valence-electron chi connectivity index (χ3n) is 6.67. The van der Waals surface area contributed by atoms with Gasteiger partial charge in [0.15, 0.2) is 8.32 Å². The van der Waals surface area contributed by atoms with E-state index in [-0.39, 0.29) is 23.0 Å². The van der Waals surface area contributed by atoms with Crippen LogP contribution in [0.1, 0.15) is 60.5 Å². The van der Waals surface area contributed by atoms with Crippen molar-refractivity contribution in [3.63, 3.8) is 0 Å². The van der Waals surface area contributed by atoms with Crippen LogP contribution in [0.4, 0.5) is 0 Å². The van der Waals surface area contributed by atoms with E-state index in [0.717, 1.165) is 5.57 Å². The second-order valence-corrected chi connectivity index (χ2v) is 15.5. The molecule has 0 amide bonds. The van der Waals surface area contributed by atoms with E-state index in [1.54, 1.807) is 0 Å². The minimum absolute atomic E-state index is 0.0401. The van der Waals surface area contributed by atoms with Crippen molar-refractivity contribution in [1.82, 2.24) is 0 Å². The first kappa shape index (κ1) is 27.1. The Morgan fingerprint density at radius 1 is 1.07 bits per heavy atom. The summed E-state index contributed by atoms with van der Waals surface area (Å²) in [5, 5.41) is 11.1. The largest absolute Gasteiger partial charge is 0.413 e. The Balaban J connectivity index is 2.62. The number of aliphatic hydroxyl groups is 1. The molecule has 0 saturated carbocycles. The van der Waals surface area contributed by atoms with Gasteiger partial charge in [0.1, 0.15) is 0 Å². The average Bonchev–Trinajstić information content (AvgIpc) is 2.65. The summed E-state index contributed by atoms with van der Waals surface area (Å²) in [5.74, 6) is 0.603. The molecular formula is C26H46O3Si. The maximum atomic E-state index is 11.0. The molecule has 172 valence electrons. The van der Waals surface area contributed by atoms with Crippen molar-refractivity contribution < 1.29 is 14.3 Å². The summed E-state index contributed by atoms with van der Waals surface area (Å²) < 4.78 is 12.6. The molecule has 0 heterocycles. The lowest BCUT2D eigenvalue weighted by Gasteiger charge is -2.43. The quantitative estimate of drug-likeness (QED) is 0.289. The van der Waals surface area contributed by atoms with Crippen molar-refractivity contribution in [3.8, 4) is 0 Å². The minimum atomic E-state index is -1.90. The van der Waals surface area contributed by atoms with Crippen LogP contribution in [0.2, 0.25) is 18.1 Å². The molecule has 1 rings (SSSR count). The van der Waals surface area contributed by atoms with Gasteiger partial charge in [-0.15, -0.1) is 0 Å². The Kier molecular flexibility index (Phi) is 10.5. The van der Waals surface area contributed by atoms with E-state index in [4.69, 9.17) is 9.16 Å². The van der Waals surface area contributed by atoms with Crippen LogP contribution in [-0.4, -0.2) is 32.2 Å². The zero-order valence-corrected chi connectivity index (χ0v) is 21.9. The first-order valence-corrected chi connectivity index (χ1v) is 14.3. The predicted octanol–water partition coefficient (Wildman–Crippen LogP) is 6.83. The highest BCUT2D eigenvalue weighted by atomic mass is 28.4. The molecule has 0 bridgehead atoms. The summed E-state index contributed by atoms with van der Waals surface area (Å²) in [6, 6.07) is 10.2. The van der Waals surface area contributed by atoms with E-state index in [2.05, 4.69) is 80.3 Å². The third-order valence-corrected chi connectivity index (χ3v) is 11.1. The summed E-state index contributed by atoms with van der Waals surface area (Å²) in [6.07, 6.45) is 0.158. The van der Waals surface area contributed by atoms with Gasteiger partial charge in [-0.3, -0.25) is 0 Å². The van der Waals surface area contributed by atoms with E-state index in [1.807, 2.05) is 18.2 Å². The molecule has 0 unspecified atom stereocenters. The molecule has 0 aliphatic heterocycles. The van der Waals surface area contributed by atoms with Crippen molar-refractivity contribution in [2.24, 2.45) is 17.8 Å². The zero-order valence-electron chi connectivity index (χ0n) is 20.9. The van der Waals surface area contributed by atoms with Crippen molar-refractivity contribution >= 4 is 8.32 Å². The number of aliphatic hydroxyl groups excluding tert-OH is 1. The zero-order chi connectivity index (χ0) is 23.1. The minimum Gasteiger partial charge on any atom is -0.413 e. The molecule has 1 aromatic rings. The van der Waals surface area contributed by atoms with Crippen LogP contribution in [0, 0.1) is 17.8 Å². The van der Waals surface area contributed by atoms with Crippen LogP contribution in [0.15, 0.2) is 42.5 Å². The highest BCUT2D eigenvalue weighted by molar-refractivity contribution is 6.74. The van der Waals surface area contributed by atoms with Crippen LogP contribution < -0.4 is 0 Å². The van der Waals surface area contributed by atoms with Crippen LogP contribution in [-0.2, 0) is 15.8 Å². The molecule has 4 atom stereocenters. The van der Waals surface area contributed by atoms with Crippen molar-refractivity contribution in [2.45, 2.75) is 91.8 Å². The fraction of sp³-hybridized carbons (Fsp3) is 0.692. The summed E-state index contributed by atoms with van der Waals surface area (Å²) in [5.41, 5.74) is 2.21. The van der Waals surface area contributed by atoms with E-state index >= 15 is 0 Å². The van der Waals surface area contributed by atoms with E-state index in [0.29, 0.717) is 25.6 Å². The fourth-order valence-electron chi connectivity index (χ4n) is 3.29. The maximum absolute atomic E-state index is 11.0. The third kappa shape index (κ3) is 8.30. The van der Waals surface area contributed by atoms with Gasteiger partial charge in [-0.2, -0.15) is 0 Å². The molecule has 1 N–H and O–H groups in total. The van der Waals surface area contributed by atoms with Crippen molar-refractivity contribution in [2.75, 3.05) is 6.61 Å². The van der Waals surface area contributed by atoms with Gasteiger partial charge in [0.2, 0.25) is 0 Å². The number of ether oxygens (including phenoxy) is 1. The Morgan fingerprint density at radius 3 is 2.13 bits per heavy atom. The van der Waals surface area contributed by atoms with Crippen LogP contribution in [0.3, 0.4) is 0 Å². The molecule has 30 heavy (non-hydrogen) atoms. The van der Waals surface area contributed by atoms with Crippen molar-refractivity contribution in [3.05, 3.63) is 48.0 Å². The average molecular weight is 435 g/mol. The van der Waals surface area contributed by atoms with Gasteiger partial charge in [-0.05, 0) is 36.0 Å². The molecule has 0 spiro atoms. The number of hydrogen-bond acceptors (Lipinski definition) is 3. The predicted molar refractivity (Wildman–Crippen MR) is 131 cm³/mol. The summed E-state index contributed by atoms with van der Waals surface area (Å²) in [4.78, 5) is 0. The number of hydrogen-bond donors (Lipinski definition) is 1. The Hall–Kier alpha value is -0.943. The van der Waals surface area contributed by atoms with Crippen LogP contribution in [0.25, 0.3) is 0 Å². The molecule has 1 aromatic carbocycles. The highest BCUT2D eigenvalue weighted by Crippen LogP contribution is 2.39. The van der Waals surface area contributed by atoms with Gasteiger partial charge in [-0.1, -0.05) is 91.0 Å². The normalized spacial score (nSPS) is 16.9. The monoisotopic (exact) mass is 434 g/mol. The highest BCUT2D eigenvalue weighted by Gasteiger charge is 2.41. The lowest BCUT2D eigenvalue weighted by molar-refractivity contribution is 0.00402. The topological polar surface area (TPSA) is 38.7 Å². The molecule has 0 aliphatic carbocycles. The first-order valence-electron chi connectivity index (χ1n) is 11.4. The molecule has 4 heteroatoms. The summed E-state index contributed by atoms with van der Waals surface area (Å²) >= 11 is 0. The molecular weight excluding hydrogens is 388 g/mol. The Labute approximate surface area is 187 Å². The van der Waals surface area contributed by atoms with Gasteiger partial charge in [0.25, 0.3) is 0 Å². The van der Waals surface area contributed by atoms with Gasteiger partial charge < -0.3 is 14.3 Å². The molecule has 0 fully saturated rings.